The van der Waals surface area contributed by atoms with Gasteiger partial charge in [-0.1, -0.05) is 0 Å². The monoisotopic (exact) mass is 277 g/mol. The first kappa shape index (κ1) is 14.5. The Kier molecular flexibility index (Phi) is 5.12. The van der Waals surface area contributed by atoms with Crippen LogP contribution in [0, 0.1) is 0 Å². The Hall–Kier alpha value is -1.88. The molecule has 0 saturated carbocycles. The van der Waals surface area contributed by atoms with Gasteiger partial charge in [-0.2, -0.15) is 0 Å². The van der Waals surface area contributed by atoms with E-state index in [1.807, 2.05) is 0 Å². The third-order valence-electron chi connectivity index (χ3n) is 3.14. The van der Waals surface area contributed by atoms with E-state index in [1.165, 1.54) is 0 Å². The lowest BCUT2D eigenvalue weighted by atomic mass is 10.1. The molecule has 1 aliphatic heterocycles. The van der Waals surface area contributed by atoms with Gasteiger partial charge in [-0.05, 0) is 50.5 Å². The molecule has 0 radical (unpaired) electrons. The third kappa shape index (κ3) is 3.81. The lowest BCUT2D eigenvalue weighted by molar-refractivity contribution is -0.129. The number of esters is 1. The Balaban J connectivity index is 1.92. The van der Waals surface area contributed by atoms with Crippen molar-refractivity contribution in [3.63, 3.8) is 0 Å². The summed E-state index contributed by atoms with van der Waals surface area (Å²) < 4.78 is 10.3. The highest BCUT2D eigenvalue weighted by Crippen LogP contribution is 2.16. The van der Waals surface area contributed by atoms with Crippen LogP contribution in [0.1, 0.15) is 36.5 Å². The van der Waals surface area contributed by atoms with E-state index < -0.39 is 0 Å². The van der Waals surface area contributed by atoms with Crippen molar-refractivity contribution < 1.29 is 19.1 Å². The fraction of sp³-hybridized carbons (Fsp3) is 0.467. The van der Waals surface area contributed by atoms with E-state index >= 15 is 0 Å². The largest absolute Gasteiger partial charge is 0.462 e. The quantitative estimate of drug-likeness (QED) is 0.858. The molecular weight excluding hydrogens is 258 g/mol. The van der Waals surface area contributed by atoms with Gasteiger partial charge < -0.3 is 14.8 Å². The number of carbonyl (C=O) groups excluding carboxylic acids is 2. The second kappa shape index (κ2) is 7.05. The zero-order valence-electron chi connectivity index (χ0n) is 11.6. The van der Waals surface area contributed by atoms with Crippen LogP contribution in [0.3, 0.4) is 0 Å². The summed E-state index contributed by atoms with van der Waals surface area (Å²) >= 11 is 0. The van der Waals surface area contributed by atoms with Crippen molar-refractivity contribution >= 4 is 17.6 Å². The van der Waals surface area contributed by atoms with Gasteiger partial charge in [0.1, 0.15) is 6.10 Å². The Morgan fingerprint density at radius 3 is 2.65 bits per heavy atom. The van der Waals surface area contributed by atoms with Crippen LogP contribution in [0.2, 0.25) is 0 Å². The molecule has 20 heavy (non-hydrogen) atoms. The number of carbonyl (C=O) groups is 2. The topological polar surface area (TPSA) is 64.6 Å². The first-order valence-electron chi connectivity index (χ1n) is 6.90. The van der Waals surface area contributed by atoms with E-state index in [0.29, 0.717) is 24.5 Å². The second-order valence-electron chi connectivity index (χ2n) is 4.64. The second-order valence-corrected chi connectivity index (χ2v) is 4.64. The highest BCUT2D eigenvalue weighted by Gasteiger charge is 2.21. The molecule has 1 N–H and O–H groups in total. The van der Waals surface area contributed by atoms with Crippen LogP contribution < -0.4 is 5.32 Å². The van der Waals surface area contributed by atoms with E-state index in [1.54, 1.807) is 31.2 Å². The SMILES string of the molecule is CCOC(=O)c1ccc(NC(=O)C2CCCCO2)cc1. The summed E-state index contributed by atoms with van der Waals surface area (Å²) in [4.78, 5) is 23.5. The van der Waals surface area contributed by atoms with Crippen LogP contribution in [0.4, 0.5) is 5.69 Å². The molecule has 0 bridgehead atoms. The summed E-state index contributed by atoms with van der Waals surface area (Å²) in [5.41, 5.74) is 1.12. The van der Waals surface area contributed by atoms with Crippen molar-refractivity contribution in [2.24, 2.45) is 0 Å². The normalized spacial score (nSPS) is 18.4. The Morgan fingerprint density at radius 2 is 2.05 bits per heavy atom. The maximum Gasteiger partial charge on any atom is 0.338 e. The smallest absolute Gasteiger partial charge is 0.338 e. The zero-order chi connectivity index (χ0) is 14.4. The lowest BCUT2D eigenvalue weighted by Crippen LogP contribution is -2.33. The van der Waals surface area contributed by atoms with Crippen LogP contribution in [0.5, 0.6) is 0 Å². The number of hydrogen-bond donors (Lipinski definition) is 1. The molecular formula is C15H19NO4. The minimum atomic E-state index is -0.367. The Morgan fingerprint density at radius 1 is 1.30 bits per heavy atom. The summed E-state index contributed by atoms with van der Waals surface area (Å²) in [5, 5.41) is 2.79. The molecule has 0 aromatic heterocycles. The van der Waals surface area contributed by atoms with Gasteiger partial charge in [0, 0.05) is 12.3 Å². The summed E-state index contributed by atoms with van der Waals surface area (Å²) in [6, 6.07) is 6.64. The predicted octanol–water partition coefficient (Wildman–Crippen LogP) is 2.37. The number of rotatable bonds is 4. The molecule has 1 heterocycles. The molecule has 1 aromatic rings. The lowest BCUT2D eigenvalue weighted by Gasteiger charge is -2.21. The molecule has 0 aliphatic carbocycles. The number of hydrogen-bond acceptors (Lipinski definition) is 4. The van der Waals surface area contributed by atoms with Crippen molar-refractivity contribution in [1.29, 1.82) is 0 Å². The minimum absolute atomic E-state index is 0.131. The number of amides is 1. The standard InChI is InChI=1S/C15H19NO4/c1-2-19-15(18)11-6-8-12(9-7-11)16-14(17)13-5-3-4-10-20-13/h6-9,13H,2-5,10H2,1H3,(H,16,17). The van der Waals surface area contributed by atoms with Gasteiger partial charge in [0.05, 0.1) is 12.2 Å². The van der Waals surface area contributed by atoms with Gasteiger partial charge >= 0.3 is 5.97 Å². The van der Waals surface area contributed by atoms with E-state index in [0.717, 1.165) is 19.3 Å². The molecule has 1 atom stereocenters. The fourth-order valence-corrected chi connectivity index (χ4v) is 2.07. The van der Waals surface area contributed by atoms with Crippen LogP contribution in [-0.2, 0) is 14.3 Å². The number of benzene rings is 1. The van der Waals surface area contributed by atoms with E-state index in [9.17, 15) is 9.59 Å². The molecule has 1 fully saturated rings. The van der Waals surface area contributed by atoms with E-state index in [4.69, 9.17) is 9.47 Å². The van der Waals surface area contributed by atoms with Gasteiger partial charge in [-0.3, -0.25) is 4.79 Å². The maximum absolute atomic E-state index is 12.0. The number of anilines is 1. The van der Waals surface area contributed by atoms with Crippen LogP contribution in [0.25, 0.3) is 0 Å². The summed E-state index contributed by atoms with van der Waals surface area (Å²) in [5.74, 6) is -0.491. The first-order valence-corrected chi connectivity index (χ1v) is 6.90. The average molecular weight is 277 g/mol. The average Bonchev–Trinajstić information content (AvgIpc) is 2.49. The molecule has 1 amide bonds. The first-order chi connectivity index (χ1) is 9.70. The van der Waals surface area contributed by atoms with Gasteiger partial charge in [-0.25, -0.2) is 4.79 Å². The molecule has 5 nitrogen and oxygen atoms in total. The van der Waals surface area contributed by atoms with Crippen LogP contribution in [0.15, 0.2) is 24.3 Å². The fourth-order valence-electron chi connectivity index (χ4n) is 2.07. The zero-order valence-corrected chi connectivity index (χ0v) is 11.6. The van der Waals surface area contributed by atoms with Crippen molar-refractivity contribution in [3.8, 4) is 0 Å². The molecule has 1 unspecified atom stereocenters. The third-order valence-corrected chi connectivity index (χ3v) is 3.14. The van der Waals surface area contributed by atoms with Crippen molar-refractivity contribution in [1.82, 2.24) is 0 Å². The molecule has 0 spiro atoms. The van der Waals surface area contributed by atoms with Gasteiger partial charge in [0.25, 0.3) is 5.91 Å². The number of nitrogens with one attached hydrogen (secondary N) is 1. The van der Waals surface area contributed by atoms with Crippen molar-refractivity contribution in [3.05, 3.63) is 29.8 Å². The minimum Gasteiger partial charge on any atom is -0.462 e. The predicted molar refractivity (Wildman–Crippen MR) is 74.6 cm³/mol. The Labute approximate surface area is 118 Å². The molecule has 108 valence electrons. The maximum atomic E-state index is 12.0. The summed E-state index contributed by atoms with van der Waals surface area (Å²) in [6.45, 7) is 2.74. The van der Waals surface area contributed by atoms with Gasteiger partial charge in [0.2, 0.25) is 0 Å². The molecule has 5 heteroatoms. The molecule has 1 aromatic carbocycles. The van der Waals surface area contributed by atoms with Crippen LogP contribution >= 0.6 is 0 Å². The molecule has 2 rings (SSSR count). The summed E-state index contributed by atoms with van der Waals surface area (Å²) in [6.07, 6.45) is 2.42. The van der Waals surface area contributed by atoms with Gasteiger partial charge in [-0.15, -0.1) is 0 Å². The Bertz CT molecular complexity index is 463. The molecule has 1 aliphatic rings. The number of ether oxygens (including phenoxy) is 2. The highest BCUT2D eigenvalue weighted by molar-refractivity contribution is 5.95. The van der Waals surface area contributed by atoms with Crippen LogP contribution in [-0.4, -0.2) is 31.2 Å². The van der Waals surface area contributed by atoms with Crippen molar-refractivity contribution in [2.45, 2.75) is 32.3 Å². The molecule has 1 saturated heterocycles. The van der Waals surface area contributed by atoms with E-state index in [2.05, 4.69) is 5.32 Å². The van der Waals surface area contributed by atoms with Gasteiger partial charge in [0.15, 0.2) is 0 Å². The summed E-state index contributed by atoms with van der Waals surface area (Å²) in [7, 11) is 0. The van der Waals surface area contributed by atoms with Crippen molar-refractivity contribution in [2.75, 3.05) is 18.5 Å². The highest BCUT2D eigenvalue weighted by atomic mass is 16.5. The van der Waals surface area contributed by atoms with E-state index in [-0.39, 0.29) is 18.0 Å².